The minimum Gasteiger partial charge on any atom is -0.356 e. The van der Waals surface area contributed by atoms with Crippen LogP contribution in [-0.4, -0.2) is 103 Å². The molecule has 0 fully saturated rings. The molecule has 0 aromatic carbocycles. The Balaban J connectivity index is 5.50. The third-order valence-electron chi connectivity index (χ3n) is 8.58. The zero-order valence-electron chi connectivity index (χ0n) is 32.4. The lowest BCUT2D eigenvalue weighted by Crippen LogP contribution is -2.45. The Bertz CT molecular complexity index is 1210. The molecule has 0 saturated carbocycles. The largest absolute Gasteiger partial charge is 0.356 e. The van der Waals surface area contributed by atoms with E-state index in [0.717, 1.165) is 0 Å². The Hall–Kier alpha value is -3.85. The smallest absolute Gasteiger partial charge is 0.222 e. The topological polar surface area (TPSA) is 226 Å². The second kappa shape index (κ2) is 27.8. The van der Waals surface area contributed by atoms with Gasteiger partial charge in [0.05, 0.1) is 0 Å². The molecular weight excluding hydrogens is 672 g/mol. The van der Waals surface area contributed by atoms with E-state index < -0.39 is 24.0 Å². The van der Waals surface area contributed by atoms with Crippen LogP contribution in [0.1, 0.15) is 131 Å². The first-order valence-corrected chi connectivity index (χ1v) is 18.4. The van der Waals surface area contributed by atoms with Gasteiger partial charge >= 0.3 is 0 Å². The highest BCUT2D eigenvalue weighted by Crippen LogP contribution is 2.11. The van der Waals surface area contributed by atoms with Gasteiger partial charge in [-0.2, -0.15) is 0 Å². The molecule has 52 heavy (non-hydrogen) atoms. The van der Waals surface area contributed by atoms with Gasteiger partial charge in [-0.3, -0.25) is 28.8 Å². The molecule has 0 aliphatic rings. The number of nitrogens with one attached hydrogen (secondary N) is 6. The van der Waals surface area contributed by atoms with Gasteiger partial charge in [-0.15, -0.1) is 0 Å². The van der Waals surface area contributed by atoms with E-state index in [2.05, 4.69) is 31.9 Å². The van der Waals surface area contributed by atoms with Crippen LogP contribution >= 0.6 is 0 Å². The molecule has 4 amide bonds. The molecule has 0 radical (unpaired) electrons. The molecule has 0 aromatic rings. The molecule has 15 nitrogen and oxygen atoms in total. The van der Waals surface area contributed by atoms with Gasteiger partial charge in [-0.1, -0.05) is 0 Å². The second-order valence-electron chi connectivity index (χ2n) is 13.9. The van der Waals surface area contributed by atoms with Crippen LogP contribution in [-0.2, 0) is 43.2 Å². The monoisotopic (exact) mass is 736 g/mol. The number of hydrogen-bond donors (Lipinski definition) is 6. The van der Waals surface area contributed by atoms with E-state index >= 15 is 0 Å². The molecular formula is C37H64N6O9. The maximum Gasteiger partial charge on any atom is 0.222 e. The highest BCUT2D eigenvalue weighted by atomic mass is 16.2. The van der Waals surface area contributed by atoms with Crippen LogP contribution in [0, 0.1) is 0 Å². The zero-order chi connectivity index (χ0) is 39.6. The molecule has 296 valence electrons. The second-order valence-corrected chi connectivity index (χ2v) is 13.9. The van der Waals surface area contributed by atoms with E-state index in [9.17, 15) is 43.2 Å². The van der Waals surface area contributed by atoms with Crippen molar-refractivity contribution in [2.24, 2.45) is 0 Å². The van der Waals surface area contributed by atoms with Gasteiger partial charge in [0.25, 0.3) is 0 Å². The van der Waals surface area contributed by atoms with Crippen molar-refractivity contribution in [3.63, 3.8) is 0 Å². The van der Waals surface area contributed by atoms with Crippen LogP contribution in [0.2, 0.25) is 0 Å². The fourth-order valence-electron chi connectivity index (χ4n) is 5.70. The van der Waals surface area contributed by atoms with Gasteiger partial charge in [0, 0.05) is 94.5 Å². The zero-order valence-corrected chi connectivity index (χ0v) is 32.4. The van der Waals surface area contributed by atoms with E-state index in [1.807, 2.05) is 0 Å². The number of carbonyl (C=O) groups is 9. The number of Topliss-reactive ketones (excluding diaryl/α,β-unsaturated/α-hetero) is 5. The van der Waals surface area contributed by atoms with Gasteiger partial charge in [0.2, 0.25) is 23.6 Å². The SMILES string of the molecule is CNC(CCC(C)=O)CC(=O)NCCCC(CC(C)=O)NC(=O)CC(CCC(=O)NC(CCC(C)=O)CC(C)=O)NC(=O)CC(CCC(C)=O)NC. The Labute approximate surface area is 309 Å². The van der Waals surface area contributed by atoms with Crippen molar-refractivity contribution in [2.75, 3.05) is 20.6 Å². The van der Waals surface area contributed by atoms with Gasteiger partial charge in [-0.05, 0) is 87.2 Å². The van der Waals surface area contributed by atoms with Crippen molar-refractivity contribution >= 4 is 52.5 Å². The lowest BCUT2D eigenvalue weighted by atomic mass is 10.0. The summed E-state index contributed by atoms with van der Waals surface area (Å²) in [5.41, 5.74) is 0. The minimum atomic E-state index is -0.743. The summed E-state index contributed by atoms with van der Waals surface area (Å²) in [6.07, 6.45) is 3.37. The molecule has 0 aliphatic carbocycles. The Morgan fingerprint density at radius 2 is 0.731 bits per heavy atom. The van der Waals surface area contributed by atoms with Crippen LogP contribution in [0.25, 0.3) is 0 Å². The molecule has 0 heterocycles. The quantitative estimate of drug-likeness (QED) is 0.0560. The third kappa shape index (κ3) is 26.9. The number of rotatable bonds is 31. The number of hydrogen-bond acceptors (Lipinski definition) is 11. The highest BCUT2D eigenvalue weighted by Gasteiger charge is 2.23. The van der Waals surface area contributed by atoms with Gasteiger partial charge in [0.1, 0.15) is 28.9 Å². The maximum atomic E-state index is 13.3. The molecule has 6 N–H and O–H groups in total. The van der Waals surface area contributed by atoms with Crippen LogP contribution in [0.3, 0.4) is 0 Å². The van der Waals surface area contributed by atoms with E-state index in [0.29, 0.717) is 51.5 Å². The fourth-order valence-corrected chi connectivity index (χ4v) is 5.70. The summed E-state index contributed by atoms with van der Waals surface area (Å²) in [7, 11) is 3.42. The first-order chi connectivity index (χ1) is 24.4. The summed E-state index contributed by atoms with van der Waals surface area (Å²) in [6, 6.07) is -2.19. The summed E-state index contributed by atoms with van der Waals surface area (Å²) in [4.78, 5) is 110. The van der Waals surface area contributed by atoms with Crippen molar-refractivity contribution in [1.82, 2.24) is 31.9 Å². The lowest BCUT2D eigenvalue weighted by molar-refractivity contribution is -0.127. The van der Waals surface area contributed by atoms with Gasteiger partial charge in [0.15, 0.2) is 0 Å². The molecule has 0 aliphatic heterocycles. The van der Waals surface area contributed by atoms with Crippen molar-refractivity contribution in [2.45, 2.75) is 161 Å². The van der Waals surface area contributed by atoms with Crippen LogP contribution in [0.5, 0.6) is 0 Å². The minimum absolute atomic E-state index is 0.00123. The van der Waals surface area contributed by atoms with Crippen LogP contribution in [0.15, 0.2) is 0 Å². The van der Waals surface area contributed by atoms with Crippen LogP contribution in [0.4, 0.5) is 0 Å². The van der Waals surface area contributed by atoms with E-state index in [1.54, 1.807) is 14.1 Å². The van der Waals surface area contributed by atoms with Gasteiger partial charge < -0.3 is 46.3 Å². The first kappa shape index (κ1) is 48.1. The molecule has 0 aromatic heterocycles. The van der Waals surface area contributed by atoms with Gasteiger partial charge in [-0.25, -0.2) is 0 Å². The van der Waals surface area contributed by atoms with Crippen molar-refractivity contribution < 1.29 is 43.2 Å². The fraction of sp³-hybridized carbons (Fsp3) is 0.757. The molecule has 0 spiro atoms. The molecule has 15 heteroatoms. The molecule has 0 bridgehead atoms. The molecule has 5 atom stereocenters. The molecule has 0 saturated heterocycles. The average Bonchev–Trinajstić information content (AvgIpc) is 3.03. The maximum absolute atomic E-state index is 13.3. The lowest BCUT2D eigenvalue weighted by Gasteiger charge is -2.23. The molecule has 0 rings (SSSR count). The predicted molar refractivity (Wildman–Crippen MR) is 197 cm³/mol. The standard InChI is InChI=1S/C37H64N6O9/c1-24(44)10-13-29(38-6)21-35(50)40-18-8-9-31(19-27(4)47)42-37(52)23-33(43-36(51)22-30(39-7)14-11-25(2)45)16-17-34(49)41-32(20-28(5)48)15-12-26(3)46/h29-33,38-39H,8-23H2,1-7H3,(H,40,50)(H,41,49)(H,42,52)(H,43,51). The molecule has 5 unspecified atom stereocenters. The Kier molecular flexibility index (Phi) is 25.7. The normalized spacial score (nSPS) is 13.8. The summed E-state index contributed by atoms with van der Waals surface area (Å²) in [6.45, 7) is 7.57. The summed E-state index contributed by atoms with van der Waals surface area (Å²) in [5.74, 6) is -1.63. The summed E-state index contributed by atoms with van der Waals surface area (Å²) < 4.78 is 0. The van der Waals surface area contributed by atoms with E-state index in [4.69, 9.17) is 0 Å². The number of ketones is 5. The summed E-state index contributed by atoms with van der Waals surface area (Å²) in [5, 5.41) is 17.4. The number of carbonyl (C=O) groups excluding carboxylic acids is 9. The van der Waals surface area contributed by atoms with Crippen LogP contribution < -0.4 is 31.9 Å². The van der Waals surface area contributed by atoms with E-state index in [-0.39, 0.29) is 110 Å². The predicted octanol–water partition coefficient (Wildman–Crippen LogP) is 1.53. The van der Waals surface area contributed by atoms with E-state index in [1.165, 1.54) is 34.6 Å². The Morgan fingerprint density at radius 3 is 1.15 bits per heavy atom. The first-order valence-electron chi connectivity index (χ1n) is 18.4. The highest BCUT2D eigenvalue weighted by molar-refractivity contribution is 5.83. The summed E-state index contributed by atoms with van der Waals surface area (Å²) >= 11 is 0. The van der Waals surface area contributed by atoms with Crippen molar-refractivity contribution in [1.29, 1.82) is 0 Å². The third-order valence-corrected chi connectivity index (χ3v) is 8.58. The average molecular weight is 737 g/mol. The Morgan fingerprint density at radius 1 is 0.385 bits per heavy atom. The van der Waals surface area contributed by atoms with Crippen molar-refractivity contribution in [3.8, 4) is 0 Å². The van der Waals surface area contributed by atoms with Crippen molar-refractivity contribution in [3.05, 3.63) is 0 Å². The number of amides is 4.